The number of H-pyrrole nitrogens is 1. The molecule has 8 heteroatoms. The van der Waals surface area contributed by atoms with Crippen LogP contribution in [0, 0.1) is 13.8 Å². The number of Topliss-reactive ketones (excluding diaryl/α,β-unsaturated/α-hetero) is 1. The van der Waals surface area contributed by atoms with Crippen molar-refractivity contribution in [2.45, 2.75) is 27.7 Å². The second kappa shape index (κ2) is 9.83. The predicted octanol–water partition coefficient (Wildman–Crippen LogP) is 1.67. The third-order valence-corrected chi connectivity index (χ3v) is 3.71. The topological polar surface area (TPSA) is 101 Å². The zero-order valence-electron chi connectivity index (χ0n) is 15.5. The van der Waals surface area contributed by atoms with Crippen LogP contribution in [0.5, 0.6) is 0 Å². The first kappa shape index (κ1) is 20.7. The number of nitrogens with zero attached hydrogens (tertiary/aromatic N) is 1. The molecular weight excluding hydrogens is 326 g/mol. The molecule has 0 fully saturated rings. The van der Waals surface area contributed by atoms with Crippen LogP contribution in [0.2, 0.25) is 0 Å². The van der Waals surface area contributed by atoms with E-state index in [0.29, 0.717) is 36.5 Å². The molecule has 0 aliphatic rings. The molecular formula is C17H27N3O5. The van der Waals surface area contributed by atoms with E-state index in [-0.39, 0.29) is 30.7 Å². The molecule has 0 saturated heterocycles. The summed E-state index contributed by atoms with van der Waals surface area (Å²) in [7, 11) is 1.53. The number of aromatic amines is 1. The number of aryl methyl sites for hydroxylation is 1. The van der Waals surface area contributed by atoms with Crippen LogP contribution in [0.3, 0.4) is 0 Å². The number of carbonyl (C=O) groups excluding carboxylic acids is 3. The highest BCUT2D eigenvalue weighted by Gasteiger charge is 2.25. The number of ketones is 1. The number of amides is 2. The summed E-state index contributed by atoms with van der Waals surface area (Å²) < 4.78 is 9.99. The second-order valence-electron chi connectivity index (χ2n) is 5.52. The normalized spacial score (nSPS) is 10.4. The van der Waals surface area contributed by atoms with E-state index in [0.717, 1.165) is 0 Å². The summed E-state index contributed by atoms with van der Waals surface area (Å²) in [5, 5.41) is 2.68. The summed E-state index contributed by atoms with van der Waals surface area (Å²) in [4.78, 5) is 41.1. The van der Waals surface area contributed by atoms with E-state index in [1.165, 1.54) is 12.0 Å². The predicted molar refractivity (Wildman–Crippen MR) is 93.1 cm³/mol. The van der Waals surface area contributed by atoms with Crippen molar-refractivity contribution in [1.29, 1.82) is 0 Å². The van der Waals surface area contributed by atoms with E-state index in [9.17, 15) is 14.4 Å². The highest BCUT2D eigenvalue weighted by atomic mass is 16.5. The maximum atomic E-state index is 12.7. The summed E-state index contributed by atoms with van der Waals surface area (Å²) in [6.45, 7) is 8.16. The molecule has 1 rings (SSSR count). The minimum absolute atomic E-state index is 0.100. The molecule has 0 aromatic carbocycles. The van der Waals surface area contributed by atoms with Crippen LogP contribution in [-0.2, 0) is 9.47 Å². The van der Waals surface area contributed by atoms with E-state index in [2.05, 4.69) is 10.3 Å². The van der Waals surface area contributed by atoms with Crippen molar-refractivity contribution in [2.75, 3.05) is 40.0 Å². The van der Waals surface area contributed by atoms with Crippen molar-refractivity contribution in [3.63, 3.8) is 0 Å². The Morgan fingerprint density at radius 2 is 1.88 bits per heavy atom. The monoisotopic (exact) mass is 353 g/mol. The summed E-state index contributed by atoms with van der Waals surface area (Å²) in [6.07, 6.45) is 0. The van der Waals surface area contributed by atoms with Gasteiger partial charge in [0.05, 0.1) is 19.8 Å². The fourth-order valence-corrected chi connectivity index (χ4v) is 2.54. The minimum atomic E-state index is -0.498. The van der Waals surface area contributed by atoms with Gasteiger partial charge in [0.25, 0.3) is 0 Å². The molecule has 8 nitrogen and oxygen atoms in total. The van der Waals surface area contributed by atoms with Crippen LogP contribution >= 0.6 is 0 Å². The molecule has 25 heavy (non-hydrogen) atoms. The van der Waals surface area contributed by atoms with Gasteiger partial charge in [-0.2, -0.15) is 0 Å². The van der Waals surface area contributed by atoms with Gasteiger partial charge in [-0.15, -0.1) is 0 Å². The molecule has 2 amide bonds. The van der Waals surface area contributed by atoms with Crippen LogP contribution in [0.1, 0.15) is 46.0 Å². The molecule has 0 spiro atoms. The SMILES string of the molecule is CCNC(=O)N(CCOC)CC(=O)c1c(C)[nH]c(C(=O)OCC)c1C. The standard InChI is InChI=1S/C17H27N3O5/c1-6-18-17(23)20(8-9-24-5)10-13(21)14-11(3)15(19-12(14)4)16(22)25-7-2/h19H,6-10H2,1-5H3,(H,18,23). The summed E-state index contributed by atoms with van der Waals surface area (Å²) >= 11 is 0. The zero-order chi connectivity index (χ0) is 19.0. The maximum absolute atomic E-state index is 12.7. The first-order valence-corrected chi connectivity index (χ1v) is 8.28. The molecule has 0 atom stereocenters. The smallest absolute Gasteiger partial charge is 0.355 e. The third-order valence-electron chi connectivity index (χ3n) is 3.71. The van der Waals surface area contributed by atoms with Gasteiger partial charge in [-0.1, -0.05) is 0 Å². The fraction of sp³-hybridized carbons (Fsp3) is 0.588. The van der Waals surface area contributed by atoms with Crippen molar-refractivity contribution >= 4 is 17.8 Å². The van der Waals surface area contributed by atoms with Crippen LogP contribution in [0.15, 0.2) is 0 Å². The molecule has 1 heterocycles. The average molecular weight is 353 g/mol. The van der Waals surface area contributed by atoms with Crippen molar-refractivity contribution in [3.8, 4) is 0 Å². The minimum Gasteiger partial charge on any atom is -0.461 e. The van der Waals surface area contributed by atoms with Crippen molar-refractivity contribution in [3.05, 3.63) is 22.5 Å². The third kappa shape index (κ3) is 5.32. The number of hydrogen-bond acceptors (Lipinski definition) is 5. The number of ether oxygens (including phenoxy) is 2. The van der Waals surface area contributed by atoms with Gasteiger partial charge in [0.2, 0.25) is 0 Å². The molecule has 0 bridgehead atoms. The molecule has 2 N–H and O–H groups in total. The maximum Gasteiger partial charge on any atom is 0.355 e. The number of esters is 1. The van der Waals surface area contributed by atoms with Gasteiger partial charge in [-0.05, 0) is 33.3 Å². The van der Waals surface area contributed by atoms with Gasteiger partial charge in [-0.3, -0.25) is 4.79 Å². The summed E-state index contributed by atoms with van der Waals surface area (Å²) in [5.74, 6) is -0.744. The number of rotatable bonds is 9. The molecule has 0 aliphatic heterocycles. The lowest BCUT2D eigenvalue weighted by Gasteiger charge is -2.22. The van der Waals surface area contributed by atoms with Gasteiger partial charge < -0.3 is 24.7 Å². The van der Waals surface area contributed by atoms with E-state index in [4.69, 9.17) is 9.47 Å². The number of carbonyl (C=O) groups is 3. The lowest BCUT2D eigenvalue weighted by molar-refractivity contribution is 0.0519. The fourth-order valence-electron chi connectivity index (χ4n) is 2.54. The number of aromatic nitrogens is 1. The highest BCUT2D eigenvalue weighted by Crippen LogP contribution is 2.20. The van der Waals surface area contributed by atoms with E-state index in [1.807, 2.05) is 0 Å². The number of hydrogen-bond donors (Lipinski definition) is 2. The Hall–Kier alpha value is -2.35. The van der Waals surface area contributed by atoms with E-state index >= 15 is 0 Å². The molecule has 140 valence electrons. The lowest BCUT2D eigenvalue weighted by Crippen LogP contribution is -2.44. The molecule has 1 aromatic rings. The number of nitrogens with one attached hydrogen (secondary N) is 2. The average Bonchev–Trinajstić information content (AvgIpc) is 2.86. The Morgan fingerprint density at radius 3 is 2.44 bits per heavy atom. The second-order valence-corrected chi connectivity index (χ2v) is 5.52. The number of methoxy groups -OCH3 is 1. The Kier molecular flexibility index (Phi) is 8.13. The molecule has 0 unspecified atom stereocenters. The van der Waals surface area contributed by atoms with Gasteiger partial charge in [-0.25, -0.2) is 9.59 Å². The van der Waals surface area contributed by atoms with Crippen molar-refractivity contribution in [1.82, 2.24) is 15.2 Å². The molecule has 0 saturated carbocycles. The van der Waals surface area contributed by atoms with Crippen molar-refractivity contribution < 1.29 is 23.9 Å². The Balaban J connectivity index is 3.00. The van der Waals surface area contributed by atoms with Crippen LogP contribution < -0.4 is 5.32 Å². The zero-order valence-corrected chi connectivity index (χ0v) is 15.5. The van der Waals surface area contributed by atoms with Gasteiger partial charge >= 0.3 is 12.0 Å². The first-order chi connectivity index (χ1) is 11.9. The van der Waals surface area contributed by atoms with E-state index in [1.54, 1.807) is 27.7 Å². The van der Waals surface area contributed by atoms with Gasteiger partial charge in [0.15, 0.2) is 5.78 Å². The Bertz CT molecular complexity index is 624. The van der Waals surface area contributed by atoms with Crippen molar-refractivity contribution in [2.24, 2.45) is 0 Å². The first-order valence-electron chi connectivity index (χ1n) is 8.28. The van der Waals surface area contributed by atoms with E-state index < -0.39 is 5.97 Å². The summed E-state index contributed by atoms with van der Waals surface area (Å²) in [6, 6.07) is -0.329. The van der Waals surface area contributed by atoms with Gasteiger partial charge in [0.1, 0.15) is 5.69 Å². The molecule has 0 radical (unpaired) electrons. The summed E-state index contributed by atoms with van der Waals surface area (Å²) in [5.41, 5.74) is 1.79. The molecule has 1 aromatic heterocycles. The van der Waals surface area contributed by atoms with Gasteiger partial charge in [0, 0.05) is 31.5 Å². The van der Waals surface area contributed by atoms with Crippen LogP contribution in [0.4, 0.5) is 4.79 Å². The van der Waals surface area contributed by atoms with Crippen LogP contribution in [-0.4, -0.2) is 67.6 Å². The molecule has 0 aliphatic carbocycles. The quantitative estimate of drug-likeness (QED) is 0.519. The lowest BCUT2D eigenvalue weighted by atomic mass is 10.1. The highest BCUT2D eigenvalue weighted by molar-refractivity contribution is 6.04. The Labute approximate surface area is 147 Å². The largest absolute Gasteiger partial charge is 0.461 e. The number of urea groups is 1. The van der Waals surface area contributed by atoms with Crippen LogP contribution in [0.25, 0.3) is 0 Å². The Morgan fingerprint density at radius 1 is 1.20 bits per heavy atom.